The Labute approximate surface area is 200 Å². The van der Waals surface area contributed by atoms with Crippen molar-refractivity contribution in [3.8, 4) is 0 Å². The first-order chi connectivity index (χ1) is 17.0. The lowest BCUT2D eigenvalue weighted by Gasteiger charge is -2.19. The molecule has 176 valence electrons. The second kappa shape index (κ2) is 7.32. The first kappa shape index (κ1) is 20.5. The van der Waals surface area contributed by atoms with Crippen molar-refractivity contribution in [3.05, 3.63) is 59.9 Å². The number of nitrogens with zero attached hydrogens (tertiary/aromatic N) is 5. The van der Waals surface area contributed by atoms with Crippen molar-refractivity contribution in [2.24, 2.45) is 11.1 Å². The molecule has 4 aromatic heterocycles. The fraction of sp³-hybridized carbons (Fsp3) is 0.308. The van der Waals surface area contributed by atoms with Crippen LogP contribution in [0.4, 0.5) is 15.9 Å². The van der Waals surface area contributed by atoms with E-state index in [1.165, 1.54) is 6.07 Å². The molecule has 0 amide bonds. The van der Waals surface area contributed by atoms with E-state index in [0.717, 1.165) is 64.6 Å². The average Bonchev–Trinajstić information content (AvgIpc) is 3.45. The number of hydrogen-bond acceptors (Lipinski definition) is 7. The van der Waals surface area contributed by atoms with Gasteiger partial charge in [0, 0.05) is 55.8 Å². The van der Waals surface area contributed by atoms with Crippen LogP contribution >= 0.6 is 0 Å². The maximum absolute atomic E-state index is 14.5. The summed E-state index contributed by atoms with van der Waals surface area (Å²) in [5, 5.41) is 4.70. The van der Waals surface area contributed by atoms with Crippen LogP contribution in [0.3, 0.4) is 0 Å². The third-order valence-corrected chi connectivity index (χ3v) is 7.59. The molecule has 1 saturated heterocycles. The van der Waals surface area contributed by atoms with Crippen LogP contribution in [-0.4, -0.2) is 51.1 Å². The molecule has 5 aromatic rings. The van der Waals surface area contributed by atoms with E-state index in [0.29, 0.717) is 23.6 Å². The van der Waals surface area contributed by atoms with Crippen LogP contribution < -0.4 is 16.0 Å². The minimum atomic E-state index is -0.302. The highest BCUT2D eigenvalue weighted by Gasteiger charge is 2.54. The molecule has 2 fully saturated rings. The van der Waals surface area contributed by atoms with Crippen LogP contribution in [0.25, 0.3) is 33.0 Å². The molecule has 0 unspecified atom stereocenters. The van der Waals surface area contributed by atoms with Gasteiger partial charge in [-0.15, -0.1) is 0 Å². The number of halogens is 1. The van der Waals surface area contributed by atoms with Gasteiger partial charge in [-0.25, -0.2) is 14.4 Å². The Kier molecular flexibility index (Phi) is 4.29. The molecule has 8 nitrogen and oxygen atoms in total. The first-order valence-corrected chi connectivity index (χ1v) is 11.9. The summed E-state index contributed by atoms with van der Waals surface area (Å²) in [5.41, 5.74) is 11.6. The Balaban J connectivity index is 1.40. The van der Waals surface area contributed by atoms with Gasteiger partial charge in [-0.05, 0) is 48.7 Å². The van der Waals surface area contributed by atoms with Gasteiger partial charge in [0.2, 0.25) is 0 Å². The van der Waals surface area contributed by atoms with E-state index in [1.54, 1.807) is 19.3 Å². The Morgan fingerprint density at radius 3 is 2.89 bits per heavy atom. The summed E-state index contributed by atoms with van der Waals surface area (Å²) in [7, 11) is 1.79. The highest BCUT2D eigenvalue weighted by molar-refractivity contribution is 6.14. The highest BCUT2D eigenvalue weighted by atomic mass is 19.1. The number of H-pyrrole nitrogens is 1. The van der Waals surface area contributed by atoms with E-state index in [-0.39, 0.29) is 17.3 Å². The summed E-state index contributed by atoms with van der Waals surface area (Å²) < 4.78 is 14.5. The molecule has 1 atom stereocenters. The number of pyridine rings is 2. The topological polar surface area (TPSA) is 109 Å². The van der Waals surface area contributed by atoms with Gasteiger partial charge in [0.15, 0.2) is 0 Å². The molecular weight excluding hydrogens is 443 g/mol. The standard InChI is InChI=1S/C26H25FN8/c1-29-19-10-15(27)9-16-22-24(34-23(16)19)32-21(8-14-7-18-17(31-11-14)3-2-6-30-18)33-25(22)35-12-20(28)26(13-35)4-5-26/h2-3,6-7,9-11,20,29H,4-5,8,12-13,28H2,1H3,(H,32,33,34)/t20-/m0/s1. The quantitative estimate of drug-likeness (QED) is 0.369. The molecule has 35 heavy (non-hydrogen) atoms. The Morgan fingerprint density at radius 2 is 2.09 bits per heavy atom. The molecule has 9 heteroatoms. The van der Waals surface area contributed by atoms with Crippen molar-refractivity contribution < 1.29 is 4.39 Å². The highest BCUT2D eigenvalue weighted by Crippen LogP contribution is 2.53. The van der Waals surface area contributed by atoms with Crippen LogP contribution in [0, 0.1) is 11.2 Å². The van der Waals surface area contributed by atoms with Gasteiger partial charge in [-0.1, -0.05) is 0 Å². The number of benzene rings is 1. The van der Waals surface area contributed by atoms with Crippen molar-refractivity contribution in [3.63, 3.8) is 0 Å². The monoisotopic (exact) mass is 468 g/mol. The van der Waals surface area contributed by atoms with Crippen molar-refractivity contribution in [1.82, 2.24) is 24.9 Å². The summed E-state index contributed by atoms with van der Waals surface area (Å²) in [6.07, 6.45) is 6.42. The van der Waals surface area contributed by atoms with Crippen molar-refractivity contribution in [2.75, 3.05) is 30.4 Å². The Bertz CT molecular complexity index is 1620. The predicted molar refractivity (Wildman–Crippen MR) is 135 cm³/mol. The van der Waals surface area contributed by atoms with Gasteiger partial charge >= 0.3 is 0 Å². The van der Waals surface area contributed by atoms with E-state index >= 15 is 0 Å². The van der Waals surface area contributed by atoms with E-state index in [1.807, 2.05) is 24.4 Å². The van der Waals surface area contributed by atoms with Gasteiger partial charge in [0.05, 0.1) is 27.6 Å². The van der Waals surface area contributed by atoms with E-state index in [2.05, 4.69) is 25.2 Å². The summed E-state index contributed by atoms with van der Waals surface area (Å²) in [6.45, 7) is 1.59. The number of aromatic amines is 1. The normalized spacial score (nSPS) is 18.8. The molecule has 7 rings (SSSR count). The SMILES string of the molecule is CNc1cc(F)cc2c1[nH]c1nc(Cc3cnc4cccnc4c3)nc(N3C[C@H](N)C4(CC4)C3)c12. The van der Waals surface area contributed by atoms with Crippen LogP contribution in [0.15, 0.2) is 42.7 Å². The van der Waals surface area contributed by atoms with Crippen LogP contribution in [0.5, 0.6) is 0 Å². The van der Waals surface area contributed by atoms with Gasteiger partial charge in [0.1, 0.15) is 23.1 Å². The molecule has 1 aromatic carbocycles. The van der Waals surface area contributed by atoms with E-state index in [9.17, 15) is 4.39 Å². The zero-order valence-corrected chi connectivity index (χ0v) is 19.3. The van der Waals surface area contributed by atoms with E-state index < -0.39 is 0 Å². The second-order valence-electron chi connectivity index (χ2n) is 9.85. The molecule has 1 aliphatic heterocycles. The molecule has 1 saturated carbocycles. The summed E-state index contributed by atoms with van der Waals surface area (Å²) in [5.74, 6) is 1.19. The number of nitrogens with one attached hydrogen (secondary N) is 2. The number of fused-ring (bicyclic) bond motifs is 4. The predicted octanol–water partition coefficient (Wildman–Crippen LogP) is 3.75. The lowest BCUT2D eigenvalue weighted by Crippen LogP contribution is -2.30. The van der Waals surface area contributed by atoms with Crippen molar-refractivity contribution in [1.29, 1.82) is 0 Å². The largest absolute Gasteiger partial charge is 0.386 e. The zero-order chi connectivity index (χ0) is 23.7. The van der Waals surface area contributed by atoms with Crippen LogP contribution in [0.2, 0.25) is 0 Å². The maximum Gasteiger partial charge on any atom is 0.144 e. The van der Waals surface area contributed by atoms with Crippen molar-refractivity contribution >= 4 is 44.5 Å². The molecule has 4 N–H and O–H groups in total. The number of aromatic nitrogens is 5. The van der Waals surface area contributed by atoms with Gasteiger partial charge < -0.3 is 20.9 Å². The second-order valence-corrected chi connectivity index (χ2v) is 9.85. The maximum atomic E-state index is 14.5. The molecule has 0 bridgehead atoms. The minimum Gasteiger partial charge on any atom is -0.386 e. The fourth-order valence-corrected chi connectivity index (χ4v) is 5.51. The molecule has 0 radical (unpaired) electrons. The third kappa shape index (κ3) is 3.22. The van der Waals surface area contributed by atoms with Crippen LogP contribution in [-0.2, 0) is 6.42 Å². The zero-order valence-electron chi connectivity index (χ0n) is 19.3. The molecular formula is C26H25FN8. The van der Waals surface area contributed by atoms with Crippen LogP contribution in [0.1, 0.15) is 24.2 Å². The number of hydrogen-bond donors (Lipinski definition) is 3. The fourth-order valence-electron chi connectivity index (χ4n) is 5.51. The molecule has 1 aliphatic carbocycles. The first-order valence-electron chi connectivity index (χ1n) is 11.9. The molecule has 2 aliphatic rings. The Morgan fingerprint density at radius 1 is 1.20 bits per heavy atom. The molecule has 5 heterocycles. The summed E-state index contributed by atoms with van der Waals surface area (Å²) in [6, 6.07) is 9.01. The minimum absolute atomic E-state index is 0.113. The third-order valence-electron chi connectivity index (χ3n) is 7.59. The van der Waals surface area contributed by atoms with Gasteiger partial charge in [0.25, 0.3) is 0 Å². The van der Waals surface area contributed by atoms with Crippen molar-refractivity contribution in [2.45, 2.75) is 25.3 Å². The smallest absolute Gasteiger partial charge is 0.144 e. The van der Waals surface area contributed by atoms with Gasteiger partial charge in [-0.2, -0.15) is 0 Å². The average molecular weight is 469 g/mol. The number of rotatable bonds is 4. The summed E-state index contributed by atoms with van der Waals surface area (Å²) >= 11 is 0. The number of nitrogens with two attached hydrogens (primary N) is 1. The number of anilines is 2. The van der Waals surface area contributed by atoms with Gasteiger partial charge in [-0.3, -0.25) is 9.97 Å². The Hall–Kier alpha value is -3.85. The lowest BCUT2D eigenvalue weighted by atomic mass is 10.0. The summed E-state index contributed by atoms with van der Waals surface area (Å²) in [4.78, 5) is 24.6. The molecule has 1 spiro atoms. The lowest BCUT2D eigenvalue weighted by molar-refractivity contribution is 0.499. The van der Waals surface area contributed by atoms with E-state index in [4.69, 9.17) is 15.7 Å².